The second-order valence-electron chi connectivity index (χ2n) is 6.03. The Morgan fingerprint density at radius 3 is 2.23 bits per heavy atom. The van der Waals surface area contributed by atoms with Crippen molar-refractivity contribution in [3.8, 4) is 5.75 Å². The molecule has 0 bridgehead atoms. The van der Waals surface area contributed by atoms with Crippen molar-refractivity contribution in [3.05, 3.63) is 47.5 Å². The first-order valence-corrected chi connectivity index (χ1v) is 8.05. The minimum absolute atomic E-state index is 0.0373. The highest BCUT2D eigenvalue weighted by Gasteiger charge is 2.34. The maximum Gasteiger partial charge on any atom is 0.387 e. The van der Waals surface area contributed by atoms with Gasteiger partial charge in [0, 0.05) is 18.5 Å². The number of hydrogen-bond acceptors (Lipinski definition) is 4. The number of carbonyl (C=O) groups excluding carboxylic acids is 2. The maximum atomic E-state index is 12.3. The fourth-order valence-electron chi connectivity index (χ4n) is 2.79. The van der Waals surface area contributed by atoms with E-state index in [-0.39, 0.29) is 24.0 Å². The summed E-state index contributed by atoms with van der Waals surface area (Å²) >= 11 is 0. The number of imidazole rings is 1. The largest absolute Gasteiger partial charge is 0.435 e. The third-order valence-corrected chi connectivity index (χ3v) is 4.19. The third kappa shape index (κ3) is 4.16. The standard InChI is InChI=1S/C17H18F2N4O3/c1-9-12(21-8-20-9)7-14-16(25)22-13(15(24)23-14)6-10-2-4-11(5-3-10)26-17(18)19/h2-5,8,13-14,17H,6-7H2,1H3,(H,20,21)(H,22,25)(H,23,24). The number of aromatic nitrogens is 2. The van der Waals surface area contributed by atoms with E-state index in [0.29, 0.717) is 12.0 Å². The molecule has 1 aromatic carbocycles. The summed E-state index contributed by atoms with van der Waals surface area (Å²) in [6, 6.07) is 4.55. The van der Waals surface area contributed by atoms with Crippen molar-refractivity contribution in [1.29, 1.82) is 0 Å². The van der Waals surface area contributed by atoms with Crippen LogP contribution in [-0.2, 0) is 22.4 Å². The molecule has 2 unspecified atom stereocenters. The summed E-state index contributed by atoms with van der Waals surface area (Å²) < 4.78 is 28.6. The lowest BCUT2D eigenvalue weighted by molar-refractivity contribution is -0.136. The molecule has 1 fully saturated rings. The van der Waals surface area contributed by atoms with Gasteiger partial charge in [0.25, 0.3) is 0 Å². The van der Waals surface area contributed by atoms with E-state index in [1.165, 1.54) is 18.5 Å². The van der Waals surface area contributed by atoms with Crippen molar-refractivity contribution in [2.75, 3.05) is 0 Å². The Morgan fingerprint density at radius 1 is 1.08 bits per heavy atom. The van der Waals surface area contributed by atoms with Crippen LogP contribution in [0.25, 0.3) is 0 Å². The van der Waals surface area contributed by atoms with Crippen molar-refractivity contribution in [1.82, 2.24) is 20.6 Å². The quantitative estimate of drug-likeness (QED) is 0.715. The average molecular weight is 364 g/mol. The first-order valence-electron chi connectivity index (χ1n) is 8.05. The number of halogens is 2. The van der Waals surface area contributed by atoms with Gasteiger partial charge in [-0.2, -0.15) is 8.78 Å². The van der Waals surface area contributed by atoms with E-state index >= 15 is 0 Å². The lowest BCUT2D eigenvalue weighted by Crippen LogP contribution is -2.62. The van der Waals surface area contributed by atoms with Gasteiger partial charge in [-0.15, -0.1) is 0 Å². The van der Waals surface area contributed by atoms with Crippen LogP contribution in [0.3, 0.4) is 0 Å². The van der Waals surface area contributed by atoms with Crippen molar-refractivity contribution < 1.29 is 23.1 Å². The second kappa shape index (κ2) is 7.51. The normalized spacial score (nSPS) is 20.0. The molecule has 2 atom stereocenters. The molecule has 2 heterocycles. The lowest BCUT2D eigenvalue weighted by Gasteiger charge is -2.29. The van der Waals surface area contributed by atoms with E-state index in [1.807, 2.05) is 6.92 Å². The molecule has 0 spiro atoms. The molecule has 3 N–H and O–H groups in total. The number of rotatable bonds is 6. The molecule has 1 aliphatic heterocycles. The Hall–Kier alpha value is -2.97. The molecule has 0 radical (unpaired) electrons. The number of aromatic amines is 1. The highest BCUT2D eigenvalue weighted by atomic mass is 19.3. The van der Waals surface area contributed by atoms with Crippen LogP contribution in [-0.4, -0.2) is 40.5 Å². The zero-order chi connectivity index (χ0) is 18.7. The number of carbonyl (C=O) groups is 2. The lowest BCUT2D eigenvalue weighted by atomic mass is 10.00. The van der Waals surface area contributed by atoms with Crippen LogP contribution in [0.4, 0.5) is 8.78 Å². The van der Waals surface area contributed by atoms with E-state index in [4.69, 9.17) is 0 Å². The molecule has 3 rings (SSSR count). The number of ether oxygens (including phenoxy) is 1. The Labute approximate surface area is 148 Å². The van der Waals surface area contributed by atoms with Gasteiger partial charge in [0.05, 0.1) is 12.0 Å². The van der Waals surface area contributed by atoms with Gasteiger partial charge in [-0.3, -0.25) is 9.59 Å². The van der Waals surface area contributed by atoms with Crippen molar-refractivity contribution in [3.63, 3.8) is 0 Å². The van der Waals surface area contributed by atoms with Crippen LogP contribution in [0.15, 0.2) is 30.6 Å². The van der Waals surface area contributed by atoms with E-state index in [9.17, 15) is 18.4 Å². The molecule has 2 amide bonds. The predicted octanol–water partition coefficient (Wildman–Crippen LogP) is 1.09. The van der Waals surface area contributed by atoms with Gasteiger partial charge < -0.3 is 20.4 Å². The number of piperazine rings is 1. The van der Waals surface area contributed by atoms with Gasteiger partial charge >= 0.3 is 6.61 Å². The number of H-pyrrole nitrogens is 1. The van der Waals surface area contributed by atoms with Gasteiger partial charge in [-0.05, 0) is 24.6 Å². The van der Waals surface area contributed by atoms with Crippen molar-refractivity contribution in [2.45, 2.75) is 38.5 Å². The van der Waals surface area contributed by atoms with Crippen LogP contribution in [0.2, 0.25) is 0 Å². The molecule has 26 heavy (non-hydrogen) atoms. The van der Waals surface area contributed by atoms with Crippen LogP contribution < -0.4 is 15.4 Å². The second-order valence-corrected chi connectivity index (χ2v) is 6.03. The van der Waals surface area contributed by atoms with Gasteiger partial charge in [0.2, 0.25) is 11.8 Å². The van der Waals surface area contributed by atoms with E-state index in [2.05, 4.69) is 25.3 Å². The summed E-state index contributed by atoms with van der Waals surface area (Å²) in [4.78, 5) is 31.7. The molecule has 1 aliphatic rings. The van der Waals surface area contributed by atoms with Gasteiger partial charge in [0.1, 0.15) is 17.8 Å². The third-order valence-electron chi connectivity index (χ3n) is 4.19. The summed E-state index contributed by atoms with van der Waals surface area (Å²) in [6.45, 7) is -1.05. The van der Waals surface area contributed by atoms with Crippen molar-refractivity contribution >= 4 is 11.8 Å². The van der Waals surface area contributed by atoms with E-state index in [1.54, 1.807) is 12.1 Å². The van der Waals surface area contributed by atoms with Crippen LogP contribution in [0.5, 0.6) is 5.75 Å². The number of alkyl halides is 2. The number of benzene rings is 1. The van der Waals surface area contributed by atoms with Crippen LogP contribution in [0, 0.1) is 6.92 Å². The van der Waals surface area contributed by atoms with Crippen LogP contribution in [0.1, 0.15) is 17.0 Å². The summed E-state index contributed by atoms with van der Waals surface area (Å²) in [5, 5.41) is 5.41. The molecule has 9 heteroatoms. The van der Waals surface area contributed by atoms with E-state index in [0.717, 1.165) is 11.4 Å². The van der Waals surface area contributed by atoms with Crippen molar-refractivity contribution in [2.24, 2.45) is 0 Å². The highest BCUT2D eigenvalue weighted by molar-refractivity contribution is 5.97. The number of nitrogens with one attached hydrogen (secondary N) is 3. The minimum atomic E-state index is -2.89. The Balaban J connectivity index is 1.60. The van der Waals surface area contributed by atoms with Crippen LogP contribution >= 0.6 is 0 Å². The molecule has 0 aliphatic carbocycles. The highest BCUT2D eigenvalue weighted by Crippen LogP contribution is 2.17. The van der Waals surface area contributed by atoms with Gasteiger partial charge in [0.15, 0.2) is 0 Å². The first-order chi connectivity index (χ1) is 12.4. The zero-order valence-electron chi connectivity index (χ0n) is 14.0. The molecule has 1 saturated heterocycles. The Kier molecular flexibility index (Phi) is 5.15. The molecule has 0 saturated carbocycles. The molecule has 1 aromatic heterocycles. The zero-order valence-corrected chi connectivity index (χ0v) is 14.0. The van der Waals surface area contributed by atoms with Gasteiger partial charge in [-0.1, -0.05) is 12.1 Å². The monoisotopic (exact) mass is 364 g/mol. The topological polar surface area (TPSA) is 96.1 Å². The van der Waals surface area contributed by atoms with E-state index < -0.39 is 18.7 Å². The van der Waals surface area contributed by atoms with Gasteiger partial charge in [-0.25, -0.2) is 4.98 Å². The number of amides is 2. The minimum Gasteiger partial charge on any atom is -0.435 e. The molecule has 138 valence electrons. The summed E-state index contributed by atoms with van der Waals surface area (Å²) in [5.41, 5.74) is 2.28. The SMILES string of the molecule is Cc1[nH]cnc1CC1NC(=O)C(Cc2ccc(OC(F)F)cc2)NC1=O. The molecule has 2 aromatic rings. The molecular formula is C17H18F2N4O3. The first kappa shape index (κ1) is 17.8. The fourth-order valence-corrected chi connectivity index (χ4v) is 2.79. The smallest absolute Gasteiger partial charge is 0.387 e. The molecule has 7 nitrogen and oxygen atoms in total. The molecular weight excluding hydrogens is 346 g/mol. The Bertz CT molecular complexity index is 792. The number of hydrogen-bond donors (Lipinski definition) is 3. The summed E-state index contributed by atoms with van der Waals surface area (Å²) in [6.07, 6.45) is 2.09. The maximum absolute atomic E-state index is 12.3. The predicted molar refractivity (Wildman–Crippen MR) is 87.7 cm³/mol. The number of aryl methyl sites for hydroxylation is 1. The summed E-state index contributed by atoms with van der Waals surface area (Å²) in [5.74, 6) is -0.541. The fraction of sp³-hybridized carbons (Fsp3) is 0.353. The number of nitrogens with zero attached hydrogens (tertiary/aromatic N) is 1. The summed E-state index contributed by atoms with van der Waals surface area (Å²) in [7, 11) is 0. The Morgan fingerprint density at radius 2 is 1.69 bits per heavy atom. The average Bonchev–Trinajstić information content (AvgIpc) is 2.98.